The quantitative estimate of drug-likeness (QED) is 0.445. The van der Waals surface area contributed by atoms with Gasteiger partial charge in [-0.3, -0.25) is 10.1 Å². The number of aryl methyl sites for hydroxylation is 1. The summed E-state index contributed by atoms with van der Waals surface area (Å²) in [5.41, 5.74) is 9.87. The highest BCUT2D eigenvalue weighted by molar-refractivity contribution is 7.80. The molecule has 1 unspecified atom stereocenters. The number of aromatic nitrogens is 2. The minimum atomic E-state index is -0.417. The normalized spacial score (nSPS) is 12.2. The predicted molar refractivity (Wildman–Crippen MR) is 97.2 cm³/mol. The van der Waals surface area contributed by atoms with Crippen LogP contribution in [0.1, 0.15) is 24.1 Å². The summed E-state index contributed by atoms with van der Waals surface area (Å²) in [5, 5.41) is 11.1. The van der Waals surface area contributed by atoms with Gasteiger partial charge in [-0.05, 0) is 18.6 Å². The summed E-state index contributed by atoms with van der Waals surface area (Å²) >= 11 is 5.17. The van der Waals surface area contributed by atoms with Crippen LogP contribution in [-0.2, 0) is 0 Å². The van der Waals surface area contributed by atoms with Gasteiger partial charge in [-0.25, -0.2) is 4.98 Å². The van der Waals surface area contributed by atoms with E-state index >= 15 is 0 Å². The first-order valence-corrected chi connectivity index (χ1v) is 7.82. The van der Waals surface area contributed by atoms with Gasteiger partial charge in [-0.15, -0.1) is 0 Å². The average Bonchev–Trinajstić information content (AvgIpc) is 2.92. The Labute approximate surface area is 144 Å². The molecule has 122 valence electrons. The van der Waals surface area contributed by atoms with Crippen molar-refractivity contribution in [1.82, 2.24) is 9.38 Å². The van der Waals surface area contributed by atoms with Gasteiger partial charge in [0.05, 0.1) is 21.3 Å². The Morgan fingerprint density at radius 1 is 1.38 bits per heavy atom. The number of imidazole rings is 1. The molecule has 6 nitrogen and oxygen atoms in total. The first-order valence-electron chi connectivity index (χ1n) is 7.41. The van der Waals surface area contributed by atoms with Crippen molar-refractivity contribution in [3.63, 3.8) is 0 Å². The van der Waals surface area contributed by atoms with Crippen molar-refractivity contribution in [3.8, 4) is 11.3 Å². The number of non-ortho nitro benzene ring substituents is 1. The Kier molecular flexibility index (Phi) is 4.02. The molecule has 2 N–H and O–H groups in total. The lowest BCUT2D eigenvalue weighted by Gasteiger charge is -2.12. The van der Waals surface area contributed by atoms with Crippen molar-refractivity contribution in [2.24, 2.45) is 5.73 Å². The van der Waals surface area contributed by atoms with E-state index in [9.17, 15) is 10.1 Å². The molecule has 0 aliphatic rings. The molecular weight excluding hydrogens is 324 g/mol. The summed E-state index contributed by atoms with van der Waals surface area (Å²) < 4.78 is 1.95. The first-order chi connectivity index (χ1) is 11.4. The zero-order valence-electron chi connectivity index (χ0n) is 13.3. The van der Waals surface area contributed by atoms with Gasteiger partial charge in [-0.2, -0.15) is 0 Å². The van der Waals surface area contributed by atoms with E-state index < -0.39 is 4.92 Å². The van der Waals surface area contributed by atoms with E-state index in [1.54, 1.807) is 12.1 Å². The molecule has 0 amide bonds. The zero-order valence-corrected chi connectivity index (χ0v) is 14.1. The standard InChI is InChI=1S/C17H16N4O2S/c1-10-6-7-14-19-15(12-4-3-5-13(8-12)21(22)23)16(20(14)9-10)11(2)17(18)24/h3-9,11H,1-2H3,(H2,18,24). The van der Waals surface area contributed by atoms with Gasteiger partial charge in [0.2, 0.25) is 0 Å². The highest BCUT2D eigenvalue weighted by atomic mass is 32.1. The van der Waals surface area contributed by atoms with Crippen molar-refractivity contribution >= 4 is 28.5 Å². The van der Waals surface area contributed by atoms with E-state index in [1.807, 2.05) is 36.6 Å². The van der Waals surface area contributed by atoms with Crippen LogP contribution < -0.4 is 5.73 Å². The maximum absolute atomic E-state index is 11.1. The number of rotatable bonds is 4. The second kappa shape index (κ2) is 6.01. The van der Waals surface area contributed by atoms with Gasteiger partial charge < -0.3 is 10.1 Å². The van der Waals surface area contributed by atoms with Crippen molar-refractivity contribution in [2.75, 3.05) is 0 Å². The molecule has 3 aromatic rings. The fraction of sp³-hybridized carbons (Fsp3) is 0.176. The van der Waals surface area contributed by atoms with Crippen LogP contribution >= 0.6 is 12.2 Å². The Balaban J connectivity index is 2.31. The summed E-state index contributed by atoms with van der Waals surface area (Å²) in [7, 11) is 0. The highest BCUT2D eigenvalue weighted by Gasteiger charge is 2.22. The summed E-state index contributed by atoms with van der Waals surface area (Å²) in [6.45, 7) is 3.90. The van der Waals surface area contributed by atoms with Crippen LogP contribution in [0.4, 0.5) is 5.69 Å². The third-order valence-electron chi connectivity index (χ3n) is 3.97. The van der Waals surface area contributed by atoms with Gasteiger partial charge in [0.1, 0.15) is 5.65 Å². The fourth-order valence-electron chi connectivity index (χ4n) is 2.70. The molecule has 3 rings (SSSR count). The monoisotopic (exact) mass is 340 g/mol. The summed E-state index contributed by atoms with van der Waals surface area (Å²) in [6, 6.07) is 10.3. The van der Waals surface area contributed by atoms with Gasteiger partial charge in [-0.1, -0.05) is 37.3 Å². The number of fused-ring (bicyclic) bond motifs is 1. The molecule has 0 spiro atoms. The molecule has 0 saturated carbocycles. The highest BCUT2D eigenvalue weighted by Crippen LogP contribution is 2.32. The SMILES string of the molecule is Cc1ccc2nc(-c3cccc([N+](=O)[O-])c3)c(C(C)C(N)=S)n2c1. The van der Waals surface area contributed by atoms with E-state index in [0.29, 0.717) is 16.2 Å². The van der Waals surface area contributed by atoms with Crippen LogP contribution in [0.15, 0.2) is 42.6 Å². The number of benzene rings is 1. The fourth-order valence-corrected chi connectivity index (χ4v) is 2.81. The average molecular weight is 340 g/mol. The summed E-state index contributed by atoms with van der Waals surface area (Å²) in [5.74, 6) is -0.217. The lowest BCUT2D eigenvalue weighted by Crippen LogP contribution is -2.18. The van der Waals surface area contributed by atoms with Gasteiger partial charge in [0, 0.05) is 29.8 Å². The zero-order chi connectivity index (χ0) is 17.4. The van der Waals surface area contributed by atoms with Crippen LogP contribution in [0.5, 0.6) is 0 Å². The van der Waals surface area contributed by atoms with Crippen molar-refractivity contribution in [2.45, 2.75) is 19.8 Å². The summed E-state index contributed by atoms with van der Waals surface area (Å²) in [6.07, 6.45) is 1.97. The van der Waals surface area contributed by atoms with Gasteiger partial charge >= 0.3 is 0 Å². The Morgan fingerprint density at radius 3 is 2.79 bits per heavy atom. The molecule has 0 radical (unpaired) electrons. The lowest BCUT2D eigenvalue weighted by molar-refractivity contribution is -0.384. The van der Waals surface area contributed by atoms with Gasteiger partial charge in [0.15, 0.2) is 0 Å². The number of pyridine rings is 1. The Morgan fingerprint density at radius 2 is 2.12 bits per heavy atom. The maximum Gasteiger partial charge on any atom is 0.270 e. The van der Waals surface area contributed by atoms with E-state index in [2.05, 4.69) is 4.98 Å². The number of nitrogens with zero attached hydrogens (tertiary/aromatic N) is 3. The molecule has 1 aromatic carbocycles. The predicted octanol–water partition coefficient (Wildman–Crippen LogP) is 3.61. The number of hydrogen-bond acceptors (Lipinski definition) is 4. The second-order valence-electron chi connectivity index (χ2n) is 5.71. The molecule has 0 fully saturated rings. The van der Waals surface area contributed by atoms with E-state index in [-0.39, 0.29) is 11.6 Å². The molecule has 0 bridgehead atoms. The number of nitro benzene ring substituents is 1. The Bertz CT molecular complexity index is 964. The first kappa shape index (κ1) is 16.1. The van der Waals surface area contributed by atoms with Crippen LogP contribution in [-0.4, -0.2) is 19.3 Å². The number of nitro groups is 1. The smallest absolute Gasteiger partial charge is 0.270 e. The molecule has 2 aromatic heterocycles. The third kappa shape index (κ3) is 2.74. The van der Waals surface area contributed by atoms with Crippen LogP contribution in [0.25, 0.3) is 16.9 Å². The molecule has 0 aliphatic carbocycles. The van der Waals surface area contributed by atoms with E-state index in [0.717, 1.165) is 16.9 Å². The maximum atomic E-state index is 11.1. The Hall–Kier alpha value is -2.80. The van der Waals surface area contributed by atoms with E-state index in [1.165, 1.54) is 12.1 Å². The molecule has 0 saturated heterocycles. The molecule has 0 aliphatic heterocycles. The van der Waals surface area contributed by atoms with Crippen LogP contribution in [0.3, 0.4) is 0 Å². The molecular formula is C17H16N4O2S. The molecule has 7 heteroatoms. The third-order valence-corrected chi connectivity index (χ3v) is 4.32. The van der Waals surface area contributed by atoms with Crippen LogP contribution in [0.2, 0.25) is 0 Å². The number of hydrogen-bond donors (Lipinski definition) is 1. The van der Waals surface area contributed by atoms with Crippen molar-refractivity contribution < 1.29 is 4.92 Å². The second-order valence-corrected chi connectivity index (χ2v) is 6.18. The lowest BCUT2D eigenvalue weighted by atomic mass is 10.0. The number of nitrogens with two attached hydrogens (primary N) is 1. The topological polar surface area (TPSA) is 86.5 Å². The van der Waals surface area contributed by atoms with E-state index in [4.69, 9.17) is 18.0 Å². The molecule has 24 heavy (non-hydrogen) atoms. The van der Waals surface area contributed by atoms with Crippen LogP contribution in [0, 0.1) is 17.0 Å². The minimum Gasteiger partial charge on any atom is -0.393 e. The molecule has 2 heterocycles. The van der Waals surface area contributed by atoms with Gasteiger partial charge in [0.25, 0.3) is 5.69 Å². The largest absolute Gasteiger partial charge is 0.393 e. The minimum absolute atomic E-state index is 0.0228. The molecule has 1 atom stereocenters. The number of thiocarbonyl (C=S) groups is 1. The van der Waals surface area contributed by atoms with Crippen molar-refractivity contribution in [1.29, 1.82) is 0 Å². The summed E-state index contributed by atoms with van der Waals surface area (Å²) in [4.78, 5) is 15.7. The van der Waals surface area contributed by atoms with Crippen molar-refractivity contribution in [3.05, 3.63) is 64.0 Å².